The molecule has 0 aromatic heterocycles. The Morgan fingerprint density at radius 1 is 0.359 bits per heavy atom. The molecule has 20 nitrogen and oxygen atoms in total. The standard InChI is InChI=1S/2C20H31NO3.3C19H29NO3/c2*1-20(2,3)11-14-12-21-7-6-13-8-18(23-4)19(24-5)9-15(13)16(21)10-17(14)22;3*1-12(2)7-14-11-20-6-5-13-8-18(22-3)19(23-4)9-15(13)16(20)10-17(14)21/h2*8-9,14,16-17,22H,6-7,10-12H2,1-5H3;3*8-9,12,14,16-17,21H,5-7,10-11H2,1-4H3/i1D3,2D3,4D3,5D3,6D2,7D2,11D2,12D2,16D;1D3,2D3,4D3,6D2,7D2,11D2,12D2,16D;4D3,5D2,6D2,10D2,11D2,14D,16D,17D;5D2,6D2,10D2,11D2,14D,16D,17D;3D3,4D3,5D2,6D2,11D2,16D. The molecule has 15 atom stereocenters. The molecule has 5 N–H and O–H groups in total. The van der Waals surface area contributed by atoms with Gasteiger partial charge in [-0.3, -0.25) is 24.5 Å². The second kappa shape index (κ2) is 40.1. The van der Waals surface area contributed by atoms with E-state index in [-0.39, 0.29) is 60.5 Å². The number of benzene rings is 5. The SMILES string of the molecule is [2H]C([2H])([2H])Oc1cc2c(cc1OC([2H])([2H])[2H])C([2H])([2H])C([2H])([2H])N1C2([2H])CC(O)C(C([2H])([2H])C(C)(C([2H])([2H])[2H])C([2H])([2H])[2H])C1([2H])[2H].[2H]C([2H])([2H])Oc1cc2c(cc1OC([2H])([2H])[2H])C([2H])([2H])C([2H])([2H])N1C2([2H])CC(O)C(CC(C)C)C1([2H])[2H].[2H]C([2H])([2H])Oc1cc2c(cc1OC)C([2H])([2H])C([2H])([2H])N1C([2H])([2H])C([2H])(CC(C)C)C([2H])(O)C([2H])([2H])C21[2H].[2H]C([2H])([2H])Oc1cc2c(cc1OC)C1([2H])CC(O)C(C([2H])([2H])C(C)(C([2H])([2H])[2H])C([2H])([2H])[2H])C([2H])([2H])N1C([2H])([2H])C2([2H])[2H].[2H]C1([2H])c2cc(OC)c(OC)cc2C2([2H])N(C1([2H])[2H])C([2H])([2H])C([2H])(CC(C)C)C([2H])(O)C2([2H])[2H]. The highest BCUT2D eigenvalue weighted by Gasteiger charge is 2.45. The van der Waals surface area contributed by atoms with Crippen molar-refractivity contribution in [3.63, 3.8) is 0 Å². The highest BCUT2D eigenvalue weighted by Crippen LogP contribution is 2.51. The van der Waals surface area contributed by atoms with Gasteiger partial charge < -0.3 is 72.9 Å². The molecule has 0 saturated carbocycles. The molecule has 10 heterocycles. The maximum atomic E-state index is 11.3. The Balaban J connectivity index is 0.000000224. The van der Waals surface area contributed by atoms with Gasteiger partial charge in [0.05, 0.1) is 135 Å². The summed E-state index contributed by atoms with van der Waals surface area (Å²) in [5.41, 5.74) is -12.8. The lowest BCUT2D eigenvalue weighted by Gasteiger charge is -2.47. The molecule has 20 heteroatoms. The van der Waals surface area contributed by atoms with E-state index in [1.165, 1.54) is 28.1 Å². The van der Waals surface area contributed by atoms with Gasteiger partial charge in [-0.25, -0.2) is 0 Å². The van der Waals surface area contributed by atoms with Gasteiger partial charge in [-0.2, -0.15) is 0 Å². The second-order valence-corrected chi connectivity index (χ2v) is 29.3. The Morgan fingerprint density at radius 3 is 0.863 bits per heavy atom. The largest absolute Gasteiger partial charge is 0.493 e. The molecule has 0 radical (unpaired) electrons. The first-order valence-electron chi connectivity index (χ1n) is 75.0. The molecule has 15 rings (SSSR count). The average molecular weight is 1700 g/mol. The number of aliphatic hydroxyl groups excluding tert-OH is 3. The summed E-state index contributed by atoms with van der Waals surface area (Å²) in [6.07, 6.45) is -47.6. The fourth-order valence-electron chi connectivity index (χ4n) is 13.5. The Hall–Kier alpha value is -6.30. The van der Waals surface area contributed by atoms with Crippen molar-refractivity contribution in [2.75, 3.05) is 136 Å². The summed E-state index contributed by atoms with van der Waals surface area (Å²) in [4.78, 5) is 0.360. The van der Waals surface area contributed by atoms with Crippen LogP contribution in [-0.4, -0.2) is 216 Å². The van der Waals surface area contributed by atoms with Crippen LogP contribution in [0.3, 0.4) is 0 Å². The van der Waals surface area contributed by atoms with Crippen molar-refractivity contribution in [1.82, 2.24) is 24.5 Å². The zero-order chi connectivity index (χ0) is 152. The van der Waals surface area contributed by atoms with Crippen LogP contribution in [0, 0.1) is 58.1 Å². The number of hydrogen-bond donors (Lipinski definition) is 5. The third kappa shape index (κ3) is 22.0. The minimum absolute atomic E-state index is 0.0341. The first kappa shape index (κ1) is 34.1. The lowest BCUT2D eigenvalue weighted by molar-refractivity contribution is -0.0259. The zero-order valence-corrected chi connectivity index (χ0v) is 65.8. The van der Waals surface area contributed by atoms with Crippen LogP contribution in [0.2, 0.25) is 0 Å². The summed E-state index contributed by atoms with van der Waals surface area (Å²) < 4.78 is 690. The van der Waals surface area contributed by atoms with Crippen LogP contribution in [0.4, 0.5) is 0 Å². The van der Waals surface area contributed by atoms with Gasteiger partial charge in [0, 0.05) is 166 Å². The van der Waals surface area contributed by atoms with Crippen molar-refractivity contribution < 1.29 is 178 Å². The molecule has 0 amide bonds. The number of aryl methyl sites for hydroxylation is 5. The number of rotatable bonds is 18. The van der Waals surface area contributed by atoms with Crippen LogP contribution in [0.25, 0.3) is 0 Å². The third-order valence-corrected chi connectivity index (χ3v) is 18.8. The molecule has 0 aliphatic carbocycles. The maximum absolute atomic E-state index is 11.3. The average Bonchev–Trinajstić information content (AvgIpc) is 0.637. The van der Waals surface area contributed by atoms with E-state index in [1.54, 1.807) is 27.7 Å². The van der Waals surface area contributed by atoms with Crippen LogP contribution in [0.5, 0.6) is 57.5 Å². The number of hydrogen-bond acceptors (Lipinski definition) is 20. The molecule has 0 bridgehead atoms. The minimum Gasteiger partial charge on any atom is -0.493 e. The fourth-order valence-corrected chi connectivity index (χ4v) is 13.5. The molecule has 5 aromatic rings. The van der Waals surface area contributed by atoms with Crippen molar-refractivity contribution in [3.8, 4) is 57.5 Å². The molecule has 0 spiro atoms. The van der Waals surface area contributed by atoms with Crippen molar-refractivity contribution in [2.24, 2.45) is 58.1 Å². The van der Waals surface area contributed by atoms with Crippen molar-refractivity contribution in [1.29, 1.82) is 0 Å². The summed E-state index contributed by atoms with van der Waals surface area (Å²) in [5.74, 6) is -19.0. The van der Waals surface area contributed by atoms with Gasteiger partial charge in [-0.15, -0.1) is 0 Å². The lowest BCUT2D eigenvalue weighted by Crippen LogP contribution is -2.48. The van der Waals surface area contributed by atoms with E-state index in [1.807, 2.05) is 0 Å². The van der Waals surface area contributed by atoms with E-state index in [9.17, 15) is 32.4 Å². The summed E-state index contributed by atoms with van der Waals surface area (Å²) in [6, 6.07) is -6.50. The number of ether oxygens (including phenoxy) is 10. The van der Waals surface area contributed by atoms with Gasteiger partial charge >= 0.3 is 0 Å². The molecule has 10 aliphatic heterocycles. The van der Waals surface area contributed by atoms with E-state index < -0.39 is 421 Å². The minimum atomic E-state index is -3.73. The number of piperidine rings is 5. The van der Waals surface area contributed by atoms with Gasteiger partial charge in [-0.1, -0.05) is 82.8 Å². The summed E-state index contributed by atoms with van der Waals surface area (Å²) in [7, 11) is -14.2. The Kier molecular flexibility index (Phi) is 11.7. The smallest absolute Gasteiger partial charge is 0.161 e. The van der Waals surface area contributed by atoms with Gasteiger partial charge in [0.15, 0.2) is 57.5 Å². The van der Waals surface area contributed by atoms with Crippen LogP contribution in [0.1, 0.15) is 338 Å². The molecule has 10 aliphatic rings. The molecular formula is C97H149N5O15. The molecule has 652 valence electrons. The van der Waals surface area contributed by atoms with Crippen LogP contribution >= 0.6 is 0 Å². The summed E-state index contributed by atoms with van der Waals surface area (Å²) >= 11 is 0. The summed E-state index contributed by atoms with van der Waals surface area (Å²) in [6.45, 7) is -37.9. The molecule has 5 saturated heterocycles. The number of nitrogens with zero attached hydrogens (tertiary/aromatic N) is 5. The van der Waals surface area contributed by atoms with Crippen molar-refractivity contribution in [3.05, 3.63) is 116 Å². The van der Waals surface area contributed by atoms with E-state index in [0.717, 1.165) is 62.8 Å². The predicted octanol–water partition coefficient (Wildman–Crippen LogP) is 15.9. The first-order valence-corrected chi connectivity index (χ1v) is 36.5. The summed E-state index contributed by atoms with van der Waals surface area (Å²) in [5, 5.41) is 55.9. The van der Waals surface area contributed by atoms with E-state index in [4.69, 9.17) is 146 Å². The number of methoxy groups -OCH3 is 10. The Morgan fingerprint density at radius 2 is 0.598 bits per heavy atom. The molecule has 5 fully saturated rings. The monoisotopic (exact) mass is 1700 g/mol. The predicted molar refractivity (Wildman–Crippen MR) is 465 cm³/mol. The lowest BCUT2D eigenvalue weighted by atomic mass is 9.75. The van der Waals surface area contributed by atoms with Crippen molar-refractivity contribution >= 4 is 0 Å². The topological polar surface area (TPSA) is 210 Å². The Labute approximate surface area is 810 Å². The highest BCUT2D eigenvalue weighted by molar-refractivity contribution is 5.54. The van der Waals surface area contributed by atoms with Crippen molar-refractivity contribution in [2.45, 2.75) is 239 Å². The van der Waals surface area contributed by atoms with E-state index in [2.05, 4.69) is 0 Å². The normalized spacial score (nSPS) is 51.4. The van der Waals surface area contributed by atoms with E-state index in [0.29, 0.717) is 30.9 Å². The van der Waals surface area contributed by atoms with Gasteiger partial charge in [-0.05, 0) is 270 Å². The Bertz CT molecular complexity index is 7630. The molecular weight excluding hydrogens is 1480 g/mol. The number of aliphatic hydroxyl groups is 5. The van der Waals surface area contributed by atoms with Gasteiger partial charge in [0.2, 0.25) is 0 Å². The van der Waals surface area contributed by atoms with Gasteiger partial charge in [0.25, 0.3) is 0 Å². The highest BCUT2D eigenvalue weighted by atomic mass is 16.5. The van der Waals surface area contributed by atoms with E-state index >= 15 is 0 Å². The zero-order valence-electron chi connectivity index (χ0n) is 143. The second-order valence-electron chi connectivity index (χ2n) is 29.3. The first-order chi connectivity index (χ1) is 85.3. The van der Waals surface area contributed by atoms with Crippen LogP contribution in [-0.2, 0) is 31.9 Å². The quantitative estimate of drug-likeness (QED) is 0.0552. The van der Waals surface area contributed by atoms with Gasteiger partial charge in [0.1, 0.15) is 0 Å². The number of fused-ring (bicyclic) bond motifs is 15. The molecule has 15 unspecified atom stereocenters. The van der Waals surface area contributed by atoms with Crippen LogP contribution < -0.4 is 47.4 Å². The van der Waals surface area contributed by atoms with Crippen LogP contribution in [0.15, 0.2) is 60.7 Å². The molecule has 5 aromatic carbocycles. The maximum Gasteiger partial charge on any atom is 0.161 e. The molecule has 117 heavy (non-hydrogen) atoms. The fraction of sp³-hybridized carbons (Fsp3) is 0.691. The third-order valence-electron chi connectivity index (χ3n) is 18.8.